The average molecular weight is 430 g/mol. The topological polar surface area (TPSA) is 68.5 Å². The van der Waals surface area contributed by atoms with E-state index in [0.29, 0.717) is 33.5 Å². The summed E-state index contributed by atoms with van der Waals surface area (Å²) in [7, 11) is 0. The number of likely N-dealkylation sites (tertiary alicyclic amines) is 1. The van der Waals surface area contributed by atoms with Crippen LogP contribution < -0.4 is 0 Å². The van der Waals surface area contributed by atoms with Crippen molar-refractivity contribution in [1.82, 2.24) is 15.1 Å². The van der Waals surface area contributed by atoms with Crippen LogP contribution in [0.4, 0.5) is 4.79 Å². The Morgan fingerprint density at radius 1 is 1.33 bits per heavy atom. The van der Waals surface area contributed by atoms with Crippen molar-refractivity contribution < 1.29 is 13.9 Å². The van der Waals surface area contributed by atoms with Crippen LogP contribution in [-0.4, -0.2) is 33.3 Å². The van der Waals surface area contributed by atoms with Crippen LogP contribution in [0.2, 0.25) is 10.0 Å². The summed E-state index contributed by atoms with van der Waals surface area (Å²) >= 11 is 13.7. The monoisotopic (exact) mass is 429 g/mol. The maximum Gasteiger partial charge on any atom is 0.410 e. The van der Waals surface area contributed by atoms with Crippen molar-refractivity contribution in [1.29, 1.82) is 0 Å². The molecule has 3 rings (SSSR count). The second kappa shape index (κ2) is 8.29. The molecule has 1 saturated heterocycles. The van der Waals surface area contributed by atoms with Crippen molar-refractivity contribution in [3.63, 3.8) is 0 Å². The molecule has 0 spiro atoms. The Morgan fingerprint density at radius 3 is 2.70 bits per heavy atom. The molecule has 0 bridgehead atoms. The fourth-order valence-corrected chi connectivity index (χ4v) is 4.29. The molecule has 0 radical (unpaired) electrons. The summed E-state index contributed by atoms with van der Waals surface area (Å²) in [5.41, 5.74) is 0.274. The molecule has 1 aromatic heterocycles. The lowest BCUT2D eigenvalue weighted by Gasteiger charge is -2.27. The molecule has 0 aliphatic carbocycles. The van der Waals surface area contributed by atoms with Crippen LogP contribution in [0.3, 0.4) is 0 Å². The molecule has 0 N–H and O–H groups in total. The number of halogens is 2. The van der Waals surface area contributed by atoms with Crippen LogP contribution in [0.5, 0.6) is 0 Å². The molecule has 2 heterocycles. The number of rotatable bonds is 4. The number of amides is 1. The first kappa shape index (κ1) is 20.3. The Bertz CT molecular complexity index is 802. The lowest BCUT2D eigenvalue weighted by atomic mass is 10.2. The highest BCUT2D eigenvalue weighted by Crippen LogP contribution is 2.35. The molecule has 0 saturated carbocycles. The largest absolute Gasteiger partial charge is 0.444 e. The first-order valence-corrected chi connectivity index (χ1v) is 10.4. The summed E-state index contributed by atoms with van der Waals surface area (Å²) in [4.78, 5) is 14.1. The van der Waals surface area contributed by atoms with Crippen LogP contribution in [0, 0.1) is 0 Å². The van der Waals surface area contributed by atoms with E-state index in [2.05, 4.69) is 10.2 Å². The first-order chi connectivity index (χ1) is 12.7. The standard InChI is InChI=1S/C18H21Cl2N3O3S/c1-18(2,3)26-17(24)23-9-5-8-14(23)15-21-22-16(25-15)27-10-11-12(19)6-4-7-13(11)20/h4,6-7,14H,5,8-10H2,1-3H3/t14-/m1/s1. The van der Waals surface area contributed by atoms with Gasteiger partial charge in [0, 0.05) is 22.3 Å². The molecule has 9 heteroatoms. The van der Waals surface area contributed by atoms with Gasteiger partial charge in [0.25, 0.3) is 5.22 Å². The number of ether oxygens (including phenoxy) is 1. The Kier molecular flexibility index (Phi) is 6.23. The summed E-state index contributed by atoms with van der Waals surface area (Å²) in [5.74, 6) is 0.937. The van der Waals surface area contributed by atoms with E-state index in [9.17, 15) is 4.79 Å². The van der Waals surface area contributed by atoms with E-state index in [1.54, 1.807) is 23.1 Å². The van der Waals surface area contributed by atoms with Crippen LogP contribution in [-0.2, 0) is 10.5 Å². The number of hydrogen-bond acceptors (Lipinski definition) is 6. The maximum atomic E-state index is 12.4. The molecular formula is C18H21Cl2N3O3S. The lowest BCUT2D eigenvalue weighted by Crippen LogP contribution is -2.36. The quantitative estimate of drug-likeness (QED) is 0.576. The molecule has 2 aromatic rings. The van der Waals surface area contributed by atoms with Crippen LogP contribution in [0.1, 0.15) is 51.1 Å². The van der Waals surface area contributed by atoms with Gasteiger partial charge in [0.15, 0.2) is 0 Å². The smallest absolute Gasteiger partial charge is 0.410 e. The first-order valence-electron chi connectivity index (χ1n) is 8.63. The summed E-state index contributed by atoms with van der Waals surface area (Å²) in [6.45, 7) is 6.14. The van der Waals surface area contributed by atoms with Gasteiger partial charge in [-0.3, -0.25) is 4.90 Å². The highest BCUT2D eigenvalue weighted by molar-refractivity contribution is 7.98. The van der Waals surface area contributed by atoms with Crippen molar-refractivity contribution in [3.05, 3.63) is 39.7 Å². The summed E-state index contributed by atoms with van der Waals surface area (Å²) in [5, 5.41) is 9.83. The van der Waals surface area contributed by atoms with Gasteiger partial charge in [0.1, 0.15) is 11.6 Å². The van der Waals surface area contributed by atoms with Gasteiger partial charge in [-0.2, -0.15) is 0 Å². The van der Waals surface area contributed by atoms with E-state index in [4.69, 9.17) is 32.4 Å². The van der Waals surface area contributed by atoms with Gasteiger partial charge < -0.3 is 9.15 Å². The number of thioether (sulfide) groups is 1. The van der Waals surface area contributed by atoms with E-state index in [-0.39, 0.29) is 12.1 Å². The fourth-order valence-electron chi connectivity index (χ4n) is 2.78. The molecule has 0 unspecified atom stereocenters. The Balaban J connectivity index is 1.67. The summed E-state index contributed by atoms with van der Waals surface area (Å²) in [6.07, 6.45) is 1.27. The predicted octanol–water partition coefficient (Wildman–Crippen LogP) is 5.74. The second-order valence-electron chi connectivity index (χ2n) is 7.23. The lowest BCUT2D eigenvalue weighted by molar-refractivity contribution is 0.0201. The molecule has 1 atom stereocenters. The maximum absolute atomic E-state index is 12.4. The summed E-state index contributed by atoms with van der Waals surface area (Å²) in [6, 6.07) is 5.12. The van der Waals surface area contributed by atoms with E-state index >= 15 is 0 Å². The molecule has 1 fully saturated rings. The number of hydrogen-bond donors (Lipinski definition) is 0. The van der Waals surface area contributed by atoms with Crippen molar-refractivity contribution in [2.24, 2.45) is 0 Å². The minimum Gasteiger partial charge on any atom is -0.444 e. The summed E-state index contributed by atoms with van der Waals surface area (Å²) < 4.78 is 11.3. The van der Waals surface area contributed by atoms with E-state index in [0.717, 1.165) is 18.4 Å². The van der Waals surface area contributed by atoms with Gasteiger partial charge in [0.05, 0.1) is 0 Å². The fraction of sp³-hybridized carbons (Fsp3) is 0.500. The number of aromatic nitrogens is 2. The average Bonchev–Trinajstić information content (AvgIpc) is 3.21. The highest BCUT2D eigenvalue weighted by Gasteiger charge is 2.36. The van der Waals surface area contributed by atoms with Gasteiger partial charge in [-0.15, -0.1) is 10.2 Å². The highest BCUT2D eigenvalue weighted by atomic mass is 35.5. The molecule has 146 valence electrons. The minimum absolute atomic E-state index is 0.259. The van der Waals surface area contributed by atoms with Crippen molar-refractivity contribution >= 4 is 41.1 Å². The zero-order valence-corrected chi connectivity index (χ0v) is 17.7. The Morgan fingerprint density at radius 2 is 2.04 bits per heavy atom. The van der Waals surface area contributed by atoms with Gasteiger partial charge in [0.2, 0.25) is 5.89 Å². The predicted molar refractivity (Wildman–Crippen MR) is 105 cm³/mol. The van der Waals surface area contributed by atoms with Gasteiger partial charge in [-0.1, -0.05) is 41.0 Å². The number of nitrogens with zero attached hydrogens (tertiary/aromatic N) is 3. The third-order valence-electron chi connectivity index (χ3n) is 3.99. The van der Waals surface area contributed by atoms with E-state index < -0.39 is 5.60 Å². The van der Waals surface area contributed by atoms with Crippen LogP contribution in [0.15, 0.2) is 27.8 Å². The molecule has 27 heavy (non-hydrogen) atoms. The van der Waals surface area contributed by atoms with E-state index in [1.807, 2.05) is 20.8 Å². The molecular weight excluding hydrogens is 409 g/mol. The van der Waals surface area contributed by atoms with Crippen molar-refractivity contribution in [2.75, 3.05) is 6.54 Å². The number of carbonyl (C=O) groups is 1. The third-order valence-corrected chi connectivity index (χ3v) is 5.54. The zero-order valence-electron chi connectivity index (χ0n) is 15.4. The minimum atomic E-state index is -0.547. The van der Waals surface area contributed by atoms with Crippen molar-refractivity contribution in [3.8, 4) is 0 Å². The van der Waals surface area contributed by atoms with Gasteiger partial charge in [-0.05, 0) is 51.3 Å². The molecule has 1 aliphatic rings. The zero-order chi connectivity index (χ0) is 19.6. The molecule has 1 aromatic carbocycles. The Hall–Kier alpha value is -1.44. The molecule has 6 nitrogen and oxygen atoms in total. The Labute approximate surface area is 172 Å². The van der Waals surface area contributed by atoms with Crippen LogP contribution >= 0.6 is 35.0 Å². The second-order valence-corrected chi connectivity index (χ2v) is 8.97. The van der Waals surface area contributed by atoms with Gasteiger partial charge in [-0.25, -0.2) is 4.79 Å². The van der Waals surface area contributed by atoms with Gasteiger partial charge >= 0.3 is 6.09 Å². The van der Waals surface area contributed by atoms with Crippen LogP contribution in [0.25, 0.3) is 0 Å². The normalized spacial score (nSPS) is 17.4. The molecule has 1 amide bonds. The molecule has 1 aliphatic heterocycles. The SMILES string of the molecule is CC(C)(C)OC(=O)N1CCC[C@@H]1c1nnc(SCc2c(Cl)cccc2Cl)o1. The third kappa shape index (κ3) is 5.09. The number of carbonyl (C=O) groups excluding carboxylic acids is 1. The van der Waals surface area contributed by atoms with E-state index in [1.165, 1.54) is 11.8 Å². The number of benzene rings is 1. The van der Waals surface area contributed by atoms with Crippen molar-refractivity contribution in [2.45, 2.75) is 56.2 Å².